The lowest BCUT2D eigenvalue weighted by Gasteiger charge is -1.68. The van der Waals surface area contributed by atoms with Crippen LogP contribution in [-0.2, 0) is 10.4 Å². The van der Waals surface area contributed by atoms with Crippen LogP contribution in [0.3, 0.4) is 0 Å². The number of halogens is 2. The molecule has 0 radical (unpaired) electrons. The summed E-state index contributed by atoms with van der Waals surface area (Å²) in [4.78, 5) is 0. The smallest absolute Gasteiger partial charge is 0.264 e. The molecule has 6 N–H and O–H groups in total. The van der Waals surface area contributed by atoms with Crippen molar-refractivity contribution in [1.82, 2.24) is 0 Å². The number of rotatable bonds is 0. The second kappa shape index (κ2) is 11.2. The van der Waals surface area contributed by atoms with Crippen molar-refractivity contribution >= 4 is 34.0 Å². The SMILES string of the molecule is NCl.NCl.O=S(=O)(O)O. The van der Waals surface area contributed by atoms with E-state index in [4.69, 9.17) is 17.5 Å². The third kappa shape index (κ3) is 2480. The molecule has 0 saturated carbocycles. The van der Waals surface area contributed by atoms with Crippen LogP contribution in [0.15, 0.2) is 0 Å². The minimum Gasteiger partial charge on any atom is -0.264 e. The molecule has 0 aromatic rings. The van der Waals surface area contributed by atoms with Crippen molar-refractivity contribution in [3.63, 3.8) is 0 Å². The first-order valence-electron chi connectivity index (χ1n) is 1.13. The lowest BCUT2D eigenvalue weighted by Crippen LogP contribution is -1.89. The Balaban J connectivity index is -0.0000000771. The fourth-order valence-corrected chi connectivity index (χ4v) is 0. The van der Waals surface area contributed by atoms with Crippen LogP contribution in [0.25, 0.3) is 0 Å². The molecule has 6 nitrogen and oxygen atoms in total. The van der Waals surface area contributed by atoms with Gasteiger partial charge in [0.1, 0.15) is 0 Å². The predicted molar refractivity (Wildman–Crippen MR) is 34.3 cm³/mol. The summed E-state index contributed by atoms with van der Waals surface area (Å²) in [6.45, 7) is 0. The van der Waals surface area contributed by atoms with Gasteiger partial charge in [0.25, 0.3) is 0 Å². The van der Waals surface area contributed by atoms with Crippen molar-refractivity contribution in [1.29, 1.82) is 0 Å². The highest BCUT2D eigenvalue weighted by Crippen LogP contribution is 1.59. The van der Waals surface area contributed by atoms with Crippen LogP contribution in [-0.4, -0.2) is 17.5 Å². The fourth-order valence-electron chi connectivity index (χ4n) is 0. The van der Waals surface area contributed by atoms with Crippen LogP contribution in [0.1, 0.15) is 0 Å². The van der Waals surface area contributed by atoms with Gasteiger partial charge in [-0.2, -0.15) is 8.42 Å². The summed E-state index contributed by atoms with van der Waals surface area (Å²) in [5.41, 5.74) is 0. The molecule has 0 unspecified atom stereocenters. The summed E-state index contributed by atoms with van der Waals surface area (Å²) in [7, 11) is -4.67. The van der Waals surface area contributed by atoms with Crippen molar-refractivity contribution in [2.45, 2.75) is 0 Å². The highest BCUT2D eigenvalue weighted by Gasteiger charge is 1.84. The standard InChI is InChI=1S/2ClH2N.H2O4S/c2*1-2;1-5(2,3)4/h2*2H2;(H2,1,2,3,4). The van der Waals surface area contributed by atoms with Gasteiger partial charge in [-0.25, -0.2) is 10.5 Å². The van der Waals surface area contributed by atoms with Crippen molar-refractivity contribution in [2.24, 2.45) is 10.5 Å². The molecule has 0 saturated heterocycles. The summed E-state index contributed by atoms with van der Waals surface area (Å²) >= 11 is 8.28. The molecule has 0 spiro atoms. The Labute approximate surface area is 62.5 Å². The zero-order valence-corrected chi connectivity index (χ0v) is 6.36. The zero-order valence-electron chi connectivity index (χ0n) is 4.03. The summed E-state index contributed by atoms with van der Waals surface area (Å²) < 4.78 is 31.6. The van der Waals surface area contributed by atoms with E-state index in [-0.39, 0.29) is 0 Å². The number of hydrogen-bond donors (Lipinski definition) is 4. The van der Waals surface area contributed by atoms with Crippen molar-refractivity contribution in [3.05, 3.63) is 0 Å². The molecule has 0 bridgehead atoms. The van der Waals surface area contributed by atoms with Gasteiger partial charge >= 0.3 is 10.4 Å². The molecule has 0 rings (SSSR count). The second-order valence-electron chi connectivity index (χ2n) is 0.448. The fraction of sp³-hybridized carbons (Fsp3) is 0. The predicted octanol–water partition coefficient (Wildman–Crippen LogP) is -0.455. The van der Waals surface area contributed by atoms with Crippen LogP contribution < -0.4 is 10.5 Å². The van der Waals surface area contributed by atoms with Gasteiger partial charge in [0.05, 0.1) is 0 Å². The molecular weight excluding hydrogens is 195 g/mol. The molecule has 9 heteroatoms. The highest BCUT2D eigenvalue weighted by molar-refractivity contribution is 7.79. The minimum absolute atomic E-state index is 3.97. The molecule has 0 amide bonds. The summed E-state index contributed by atoms with van der Waals surface area (Å²) in [6, 6.07) is 0. The van der Waals surface area contributed by atoms with Crippen LogP contribution in [0.4, 0.5) is 0 Å². The van der Waals surface area contributed by atoms with Gasteiger partial charge in [-0.05, 0) is 23.6 Å². The van der Waals surface area contributed by atoms with E-state index in [0.717, 1.165) is 0 Å². The van der Waals surface area contributed by atoms with Crippen molar-refractivity contribution in [3.8, 4) is 0 Å². The summed E-state index contributed by atoms with van der Waals surface area (Å²) in [6.07, 6.45) is 0. The number of nitrogens with two attached hydrogens (primary N) is 2. The van der Waals surface area contributed by atoms with E-state index in [9.17, 15) is 0 Å². The lowest BCUT2D eigenvalue weighted by molar-refractivity contribution is 0.381. The average Bonchev–Trinajstić information content (AvgIpc) is 1.72. The molecule has 0 aliphatic rings. The summed E-state index contributed by atoms with van der Waals surface area (Å²) in [5, 5.41) is 7.94. The molecule has 0 aromatic heterocycles. The van der Waals surface area contributed by atoms with Gasteiger partial charge in [-0.15, -0.1) is 0 Å². The Morgan fingerprint density at radius 2 is 1.00 bits per heavy atom. The minimum atomic E-state index is -4.67. The molecule has 60 valence electrons. The van der Waals surface area contributed by atoms with Gasteiger partial charge in [0.15, 0.2) is 0 Å². The van der Waals surface area contributed by atoms with Crippen molar-refractivity contribution in [2.75, 3.05) is 0 Å². The van der Waals surface area contributed by atoms with Gasteiger partial charge in [-0.1, -0.05) is 0 Å². The van der Waals surface area contributed by atoms with E-state index in [1.807, 2.05) is 0 Å². The van der Waals surface area contributed by atoms with E-state index in [0.29, 0.717) is 0 Å². The molecule has 0 aromatic carbocycles. The van der Waals surface area contributed by atoms with Crippen LogP contribution >= 0.6 is 23.6 Å². The molecule has 0 atom stereocenters. The number of hydrogen-bond acceptors (Lipinski definition) is 4. The first-order valence-corrected chi connectivity index (χ1v) is 3.40. The van der Waals surface area contributed by atoms with E-state index < -0.39 is 10.4 Å². The maximum absolute atomic E-state index is 8.74. The first-order chi connectivity index (χ1) is 4.00. The van der Waals surface area contributed by atoms with E-state index >= 15 is 0 Å². The molecule has 0 aliphatic heterocycles. The largest absolute Gasteiger partial charge is 0.394 e. The first kappa shape index (κ1) is 16.2. The lowest BCUT2D eigenvalue weighted by atomic mass is 14.0. The topological polar surface area (TPSA) is 127 Å². The van der Waals surface area contributed by atoms with E-state index in [2.05, 4.69) is 34.1 Å². The monoisotopic (exact) mass is 200 g/mol. The van der Waals surface area contributed by atoms with Gasteiger partial charge in [0, 0.05) is 0 Å². The summed E-state index contributed by atoms with van der Waals surface area (Å²) in [5.74, 6) is 0. The molecule has 0 heterocycles. The third-order valence-electron chi connectivity index (χ3n) is 0. The van der Waals surface area contributed by atoms with Gasteiger partial charge in [-0.3, -0.25) is 9.11 Å². The van der Waals surface area contributed by atoms with Gasteiger partial charge in [0.2, 0.25) is 0 Å². The maximum atomic E-state index is 8.74. The van der Waals surface area contributed by atoms with Gasteiger partial charge < -0.3 is 0 Å². The third-order valence-corrected chi connectivity index (χ3v) is 0. The van der Waals surface area contributed by atoms with E-state index in [1.54, 1.807) is 0 Å². The Morgan fingerprint density at radius 1 is 1.00 bits per heavy atom. The van der Waals surface area contributed by atoms with Crippen LogP contribution in [0.5, 0.6) is 0 Å². The van der Waals surface area contributed by atoms with Crippen molar-refractivity contribution < 1.29 is 17.5 Å². The second-order valence-corrected chi connectivity index (χ2v) is 1.34. The zero-order chi connectivity index (χ0) is 8.50. The quantitative estimate of drug-likeness (QED) is 0.310. The van der Waals surface area contributed by atoms with Crippen LogP contribution in [0.2, 0.25) is 0 Å². The highest BCUT2D eigenvalue weighted by atomic mass is 35.5. The molecule has 0 aliphatic carbocycles. The van der Waals surface area contributed by atoms with E-state index in [1.165, 1.54) is 0 Å². The average molecular weight is 201 g/mol. The molecule has 9 heavy (non-hydrogen) atoms. The molecular formula is H6Cl2N2O4S. The molecule has 0 fully saturated rings. The Morgan fingerprint density at radius 3 is 1.00 bits per heavy atom. The maximum Gasteiger partial charge on any atom is 0.394 e. The Hall–Kier alpha value is 0.370. The Kier molecular flexibility index (Phi) is 20.1. The van der Waals surface area contributed by atoms with Crippen LogP contribution in [0, 0.1) is 0 Å². The Bertz CT molecular complexity index is 99.7. The normalized spacial score (nSPS) is 7.78.